The molecule has 0 unspecified atom stereocenters. The molecule has 1 fully saturated rings. The lowest BCUT2D eigenvalue weighted by atomic mass is 10.1. The maximum absolute atomic E-state index is 12.7. The molecule has 1 aliphatic heterocycles. The summed E-state index contributed by atoms with van der Waals surface area (Å²) in [7, 11) is 0. The number of imidazole rings is 1. The van der Waals surface area contributed by atoms with Gasteiger partial charge in [-0.3, -0.25) is 9.59 Å². The van der Waals surface area contributed by atoms with E-state index in [0.717, 1.165) is 38.8 Å². The smallest absolute Gasteiger partial charge is 0.358 e. The van der Waals surface area contributed by atoms with Gasteiger partial charge in [-0.05, 0) is 25.7 Å². The van der Waals surface area contributed by atoms with Crippen LogP contribution in [0.25, 0.3) is 5.78 Å². The van der Waals surface area contributed by atoms with Crippen molar-refractivity contribution in [3.63, 3.8) is 0 Å². The molecule has 3 heterocycles. The molecule has 27 heavy (non-hydrogen) atoms. The SMILES string of the molecule is CCCCOc1c(C(=O)O)nc2n(CC(=O)N3CCCCC3)ccn2c1=O. The van der Waals surface area contributed by atoms with Crippen LogP contribution in [0.2, 0.25) is 0 Å². The van der Waals surface area contributed by atoms with Gasteiger partial charge in [-0.2, -0.15) is 0 Å². The van der Waals surface area contributed by atoms with Gasteiger partial charge < -0.3 is 19.3 Å². The minimum atomic E-state index is -1.34. The van der Waals surface area contributed by atoms with Gasteiger partial charge in [0.2, 0.25) is 17.4 Å². The molecule has 0 bridgehead atoms. The van der Waals surface area contributed by atoms with E-state index in [1.807, 2.05) is 6.92 Å². The van der Waals surface area contributed by atoms with Crippen molar-refractivity contribution in [1.82, 2.24) is 18.9 Å². The molecule has 1 N–H and O–H groups in total. The summed E-state index contributed by atoms with van der Waals surface area (Å²) in [5.74, 6) is -1.56. The standard InChI is InChI=1S/C18H24N4O5/c1-2-3-11-27-15-14(17(25)26)19-18-21(9-10-22(18)16(15)24)12-13(23)20-7-5-4-6-8-20/h9-10H,2-8,11-12H2,1H3,(H,25,26). The predicted octanol–water partition coefficient (Wildman–Crippen LogP) is 1.39. The molecule has 1 aliphatic rings. The Hall–Kier alpha value is -2.84. The zero-order chi connectivity index (χ0) is 19.4. The van der Waals surface area contributed by atoms with Gasteiger partial charge in [-0.1, -0.05) is 13.3 Å². The summed E-state index contributed by atoms with van der Waals surface area (Å²) < 4.78 is 8.12. The van der Waals surface area contributed by atoms with E-state index in [1.165, 1.54) is 15.2 Å². The number of unbranched alkanes of at least 4 members (excludes halogenated alkanes) is 1. The van der Waals surface area contributed by atoms with Gasteiger partial charge in [0.25, 0.3) is 0 Å². The molecular formula is C18H24N4O5. The second kappa shape index (κ2) is 8.24. The molecule has 146 valence electrons. The summed E-state index contributed by atoms with van der Waals surface area (Å²) in [5.41, 5.74) is -1.01. The zero-order valence-corrected chi connectivity index (χ0v) is 15.4. The first-order valence-electron chi connectivity index (χ1n) is 9.28. The average molecular weight is 376 g/mol. The van der Waals surface area contributed by atoms with Gasteiger partial charge in [-0.25, -0.2) is 14.2 Å². The number of ether oxygens (including phenoxy) is 1. The Kier molecular flexibility index (Phi) is 5.78. The Bertz CT molecular complexity index is 895. The minimum absolute atomic E-state index is 0.0119. The normalized spacial score (nSPS) is 14.5. The lowest BCUT2D eigenvalue weighted by Crippen LogP contribution is -2.37. The van der Waals surface area contributed by atoms with Crippen LogP contribution in [0, 0.1) is 0 Å². The number of piperidine rings is 1. The van der Waals surface area contributed by atoms with Crippen molar-refractivity contribution in [3.8, 4) is 5.75 Å². The molecule has 0 spiro atoms. The first-order valence-corrected chi connectivity index (χ1v) is 9.28. The highest BCUT2D eigenvalue weighted by Crippen LogP contribution is 2.15. The Labute approximate surface area is 156 Å². The molecule has 0 aromatic carbocycles. The molecule has 0 radical (unpaired) electrons. The van der Waals surface area contributed by atoms with Crippen LogP contribution < -0.4 is 10.3 Å². The lowest BCUT2D eigenvalue weighted by Gasteiger charge is -2.26. The molecule has 2 aromatic rings. The number of aromatic nitrogens is 3. The third kappa shape index (κ3) is 3.96. The number of hydrogen-bond acceptors (Lipinski definition) is 5. The summed E-state index contributed by atoms with van der Waals surface area (Å²) in [6, 6.07) is 0. The van der Waals surface area contributed by atoms with Gasteiger partial charge >= 0.3 is 11.5 Å². The fraction of sp³-hybridized carbons (Fsp3) is 0.556. The minimum Gasteiger partial charge on any atom is -0.486 e. The predicted molar refractivity (Wildman–Crippen MR) is 97.2 cm³/mol. The summed E-state index contributed by atoms with van der Waals surface area (Å²) in [4.78, 5) is 42.6. The van der Waals surface area contributed by atoms with Crippen LogP contribution in [0.15, 0.2) is 17.2 Å². The van der Waals surface area contributed by atoms with E-state index in [-0.39, 0.29) is 30.6 Å². The van der Waals surface area contributed by atoms with Crippen molar-refractivity contribution in [1.29, 1.82) is 0 Å². The molecule has 2 aromatic heterocycles. The van der Waals surface area contributed by atoms with Crippen LogP contribution in [-0.4, -0.2) is 55.5 Å². The van der Waals surface area contributed by atoms with Gasteiger partial charge in [0, 0.05) is 25.5 Å². The number of carbonyl (C=O) groups is 2. The van der Waals surface area contributed by atoms with E-state index < -0.39 is 17.2 Å². The first kappa shape index (κ1) is 18.9. The number of fused-ring (bicyclic) bond motifs is 1. The van der Waals surface area contributed by atoms with Gasteiger partial charge in [0.15, 0.2) is 5.69 Å². The fourth-order valence-electron chi connectivity index (χ4n) is 3.16. The van der Waals surface area contributed by atoms with Crippen LogP contribution in [0.3, 0.4) is 0 Å². The number of likely N-dealkylation sites (tertiary alicyclic amines) is 1. The fourth-order valence-corrected chi connectivity index (χ4v) is 3.16. The zero-order valence-electron chi connectivity index (χ0n) is 15.4. The van der Waals surface area contributed by atoms with Crippen molar-refractivity contribution in [2.75, 3.05) is 19.7 Å². The second-order valence-corrected chi connectivity index (χ2v) is 6.64. The molecule has 9 heteroatoms. The number of amides is 1. The highest BCUT2D eigenvalue weighted by molar-refractivity contribution is 5.89. The number of carboxylic acids is 1. The number of carboxylic acid groups (broad SMARTS) is 1. The molecule has 1 amide bonds. The Morgan fingerprint density at radius 3 is 2.63 bits per heavy atom. The number of rotatable bonds is 7. The Morgan fingerprint density at radius 1 is 1.22 bits per heavy atom. The highest BCUT2D eigenvalue weighted by Gasteiger charge is 2.23. The van der Waals surface area contributed by atoms with Gasteiger partial charge in [0.05, 0.1) is 6.61 Å². The number of nitrogens with zero attached hydrogens (tertiary/aromatic N) is 4. The van der Waals surface area contributed by atoms with Gasteiger partial charge in [0.1, 0.15) is 6.54 Å². The third-order valence-corrected chi connectivity index (χ3v) is 4.67. The van der Waals surface area contributed by atoms with Crippen LogP contribution in [0.5, 0.6) is 5.75 Å². The van der Waals surface area contributed by atoms with Gasteiger partial charge in [-0.15, -0.1) is 0 Å². The van der Waals surface area contributed by atoms with Crippen LogP contribution in [-0.2, 0) is 11.3 Å². The maximum atomic E-state index is 12.7. The summed E-state index contributed by atoms with van der Waals surface area (Å²) in [5, 5.41) is 9.45. The maximum Gasteiger partial charge on any atom is 0.358 e. The van der Waals surface area contributed by atoms with E-state index in [1.54, 1.807) is 11.1 Å². The summed E-state index contributed by atoms with van der Waals surface area (Å²) in [6.07, 6.45) is 7.69. The van der Waals surface area contributed by atoms with E-state index in [4.69, 9.17) is 4.74 Å². The van der Waals surface area contributed by atoms with Crippen molar-refractivity contribution < 1.29 is 19.4 Å². The van der Waals surface area contributed by atoms with Crippen LogP contribution in [0.1, 0.15) is 49.5 Å². The van der Waals surface area contributed by atoms with E-state index in [0.29, 0.717) is 6.42 Å². The topological polar surface area (TPSA) is 106 Å². The summed E-state index contributed by atoms with van der Waals surface area (Å²) >= 11 is 0. The van der Waals surface area contributed by atoms with Crippen molar-refractivity contribution in [2.24, 2.45) is 0 Å². The molecular weight excluding hydrogens is 352 g/mol. The molecule has 9 nitrogen and oxygen atoms in total. The quantitative estimate of drug-likeness (QED) is 0.732. The molecule has 1 saturated heterocycles. The highest BCUT2D eigenvalue weighted by atomic mass is 16.5. The Morgan fingerprint density at radius 2 is 1.96 bits per heavy atom. The summed E-state index contributed by atoms with van der Waals surface area (Å²) in [6.45, 7) is 3.67. The van der Waals surface area contributed by atoms with Crippen molar-refractivity contribution in [3.05, 3.63) is 28.4 Å². The second-order valence-electron chi connectivity index (χ2n) is 6.64. The Balaban J connectivity index is 1.93. The average Bonchev–Trinajstić information content (AvgIpc) is 3.07. The van der Waals surface area contributed by atoms with Crippen LogP contribution in [0.4, 0.5) is 0 Å². The number of aromatic carboxylic acids is 1. The first-order chi connectivity index (χ1) is 13.0. The number of hydrogen-bond donors (Lipinski definition) is 1. The van der Waals surface area contributed by atoms with Crippen molar-refractivity contribution in [2.45, 2.75) is 45.6 Å². The number of carbonyl (C=O) groups excluding carboxylic acids is 1. The monoisotopic (exact) mass is 376 g/mol. The van der Waals surface area contributed by atoms with E-state index in [9.17, 15) is 19.5 Å². The largest absolute Gasteiger partial charge is 0.486 e. The molecule has 0 atom stereocenters. The molecule has 0 aliphatic carbocycles. The van der Waals surface area contributed by atoms with E-state index in [2.05, 4.69) is 4.98 Å². The van der Waals surface area contributed by atoms with E-state index >= 15 is 0 Å². The molecule has 0 saturated carbocycles. The van der Waals surface area contributed by atoms with Crippen LogP contribution >= 0.6 is 0 Å². The molecule has 3 rings (SSSR count). The van der Waals surface area contributed by atoms with Crippen molar-refractivity contribution >= 4 is 17.7 Å². The third-order valence-electron chi connectivity index (χ3n) is 4.67. The lowest BCUT2D eigenvalue weighted by molar-refractivity contribution is -0.132.